The summed E-state index contributed by atoms with van der Waals surface area (Å²) in [6.07, 6.45) is 2.69. The van der Waals surface area contributed by atoms with Gasteiger partial charge in [0.25, 0.3) is 0 Å². The van der Waals surface area contributed by atoms with Crippen LogP contribution in [0.15, 0.2) is 4.99 Å². The normalized spacial score (nSPS) is 9.08. The van der Waals surface area contributed by atoms with E-state index in [2.05, 4.69) is 4.99 Å². The average molecular weight is 189 g/mol. The van der Waals surface area contributed by atoms with Gasteiger partial charge >= 0.3 is 0 Å². The largest absolute Gasteiger partial charge is 0.490 e. The van der Waals surface area contributed by atoms with Crippen LogP contribution >= 0.6 is 12.2 Å². The van der Waals surface area contributed by atoms with Crippen LogP contribution in [0, 0.1) is 0 Å². The van der Waals surface area contributed by atoms with Gasteiger partial charge in [-0.15, -0.1) is 0 Å². The first-order valence-electron chi connectivity index (χ1n) is 3.79. The minimum atomic E-state index is 0.143. The summed E-state index contributed by atoms with van der Waals surface area (Å²) in [7, 11) is 1.58. The van der Waals surface area contributed by atoms with Crippen molar-refractivity contribution in [3.8, 4) is 0 Å². The van der Waals surface area contributed by atoms with Crippen LogP contribution in [0.3, 0.4) is 0 Å². The lowest BCUT2D eigenvalue weighted by molar-refractivity contribution is 0.400. The first-order chi connectivity index (χ1) is 5.66. The van der Waals surface area contributed by atoms with Crippen molar-refractivity contribution >= 4 is 23.2 Å². The molecule has 12 heavy (non-hydrogen) atoms. The zero-order chi connectivity index (χ0) is 9.40. The number of thiocarbonyl (C=S) groups is 1. The summed E-state index contributed by atoms with van der Waals surface area (Å²) >= 11 is 4.85. The Morgan fingerprint density at radius 3 is 2.58 bits per heavy atom. The summed E-state index contributed by atoms with van der Waals surface area (Å²) in [4.78, 5) is 3.84. The molecule has 0 amide bonds. The maximum absolute atomic E-state index is 5.14. The molecule has 0 radical (unpaired) electrons. The van der Waals surface area contributed by atoms with Crippen LogP contribution in [0.1, 0.15) is 19.3 Å². The Hall–Kier alpha value is -0.840. The van der Waals surface area contributed by atoms with Crippen molar-refractivity contribution in [2.75, 3.05) is 13.7 Å². The highest BCUT2D eigenvalue weighted by Gasteiger charge is 1.93. The minimum absolute atomic E-state index is 0.143. The molecular formula is C7H15N3OS. The van der Waals surface area contributed by atoms with E-state index < -0.39 is 0 Å². The number of methoxy groups -OCH3 is 1. The number of nitrogens with two attached hydrogens (primary N) is 2. The number of aliphatic imine (C=N–C) groups is 1. The molecule has 0 aliphatic carbocycles. The van der Waals surface area contributed by atoms with Crippen molar-refractivity contribution in [2.45, 2.75) is 19.3 Å². The van der Waals surface area contributed by atoms with Crippen LogP contribution in [0.5, 0.6) is 0 Å². The van der Waals surface area contributed by atoms with Gasteiger partial charge in [-0.1, -0.05) is 0 Å². The van der Waals surface area contributed by atoms with Gasteiger partial charge in [0, 0.05) is 13.0 Å². The quantitative estimate of drug-likeness (QED) is 0.284. The lowest BCUT2D eigenvalue weighted by Gasteiger charge is -2.00. The van der Waals surface area contributed by atoms with Gasteiger partial charge in [-0.05, 0) is 25.1 Å². The third-order valence-electron chi connectivity index (χ3n) is 1.31. The summed E-state index contributed by atoms with van der Waals surface area (Å²) in [5.74, 6) is 0.143. The molecule has 0 aromatic rings. The number of rotatable bonds is 5. The summed E-state index contributed by atoms with van der Waals surface area (Å²) in [5.41, 5.74) is 10.3. The molecule has 0 atom stereocenters. The lowest BCUT2D eigenvalue weighted by Crippen LogP contribution is -2.22. The Morgan fingerprint density at radius 1 is 1.42 bits per heavy atom. The number of guanidine groups is 1. The molecular weight excluding hydrogens is 174 g/mol. The Kier molecular flexibility index (Phi) is 6.37. The van der Waals surface area contributed by atoms with Crippen molar-refractivity contribution in [3.05, 3.63) is 0 Å². The van der Waals surface area contributed by atoms with E-state index in [0.29, 0.717) is 11.6 Å². The Balaban J connectivity index is 3.22. The molecule has 0 unspecified atom stereocenters. The molecule has 4 N–H and O–H groups in total. The van der Waals surface area contributed by atoms with Gasteiger partial charge in [0.1, 0.15) is 0 Å². The van der Waals surface area contributed by atoms with Gasteiger partial charge in [-0.2, -0.15) is 0 Å². The maximum Gasteiger partial charge on any atom is 0.185 e. The predicted molar refractivity (Wildman–Crippen MR) is 54.1 cm³/mol. The number of hydrogen-bond acceptors (Lipinski definition) is 3. The molecule has 0 aliphatic heterocycles. The second-order valence-electron chi connectivity index (χ2n) is 2.34. The highest BCUT2D eigenvalue weighted by molar-refractivity contribution is 7.80. The fourth-order valence-electron chi connectivity index (χ4n) is 0.691. The van der Waals surface area contributed by atoms with Gasteiger partial charge in [0.2, 0.25) is 0 Å². The van der Waals surface area contributed by atoms with E-state index in [1.165, 1.54) is 0 Å². The zero-order valence-corrected chi connectivity index (χ0v) is 8.06. The Labute approximate surface area is 78.0 Å². The van der Waals surface area contributed by atoms with Crippen molar-refractivity contribution in [1.29, 1.82) is 0 Å². The zero-order valence-electron chi connectivity index (χ0n) is 7.25. The second-order valence-corrected chi connectivity index (χ2v) is 2.80. The summed E-state index contributed by atoms with van der Waals surface area (Å²) in [6, 6.07) is 0. The van der Waals surface area contributed by atoms with Gasteiger partial charge in [-0.25, -0.2) is 0 Å². The number of unbranched alkanes of at least 4 members (excludes halogenated alkanes) is 1. The van der Waals surface area contributed by atoms with Crippen LogP contribution in [-0.2, 0) is 4.74 Å². The molecule has 0 saturated carbocycles. The van der Waals surface area contributed by atoms with Crippen molar-refractivity contribution < 1.29 is 4.74 Å². The molecule has 0 aromatic heterocycles. The third-order valence-corrected chi connectivity index (χ3v) is 1.68. The number of hydrogen-bond donors (Lipinski definition) is 2. The predicted octanol–water partition coefficient (Wildman–Crippen LogP) is 0.404. The van der Waals surface area contributed by atoms with Crippen molar-refractivity contribution in [1.82, 2.24) is 0 Å². The van der Waals surface area contributed by atoms with Gasteiger partial charge in [0.15, 0.2) is 11.0 Å². The van der Waals surface area contributed by atoms with Crippen LogP contribution in [0.4, 0.5) is 0 Å². The summed E-state index contributed by atoms with van der Waals surface area (Å²) in [5, 5.41) is 0.639. The average Bonchev–Trinajstić information content (AvgIpc) is 2.03. The fourth-order valence-corrected chi connectivity index (χ4v) is 0.836. The van der Waals surface area contributed by atoms with Crippen LogP contribution < -0.4 is 11.5 Å². The monoisotopic (exact) mass is 189 g/mol. The first kappa shape index (κ1) is 11.2. The molecule has 0 fully saturated rings. The summed E-state index contributed by atoms with van der Waals surface area (Å²) < 4.78 is 4.82. The van der Waals surface area contributed by atoms with Crippen molar-refractivity contribution in [3.63, 3.8) is 0 Å². The molecule has 0 rings (SSSR count). The number of ether oxygens (including phenoxy) is 1. The molecule has 70 valence electrons. The van der Waals surface area contributed by atoms with Gasteiger partial charge < -0.3 is 16.2 Å². The topological polar surface area (TPSA) is 73.6 Å². The Bertz CT molecular complexity index is 166. The molecule has 0 heterocycles. The van der Waals surface area contributed by atoms with E-state index in [-0.39, 0.29) is 5.96 Å². The van der Waals surface area contributed by atoms with E-state index in [9.17, 15) is 0 Å². The minimum Gasteiger partial charge on any atom is -0.490 e. The molecule has 5 heteroatoms. The lowest BCUT2D eigenvalue weighted by atomic mass is 10.2. The second kappa shape index (κ2) is 6.84. The highest BCUT2D eigenvalue weighted by Crippen LogP contribution is 1.98. The maximum atomic E-state index is 5.14. The molecule has 0 aromatic carbocycles. The molecule has 0 spiro atoms. The SMILES string of the molecule is COC(=S)CCCCN=C(N)N. The van der Waals surface area contributed by atoms with E-state index in [0.717, 1.165) is 19.3 Å². The van der Waals surface area contributed by atoms with E-state index in [4.69, 9.17) is 28.4 Å². The van der Waals surface area contributed by atoms with E-state index in [1.54, 1.807) is 7.11 Å². The van der Waals surface area contributed by atoms with Crippen LogP contribution in [0.25, 0.3) is 0 Å². The number of nitrogens with zero attached hydrogens (tertiary/aromatic N) is 1. The Morgan fingerprint density at radius 2 is 2.08 bits per heavy atom. The van der Waals surface area contributed by atoms with Crippen LogP contribution in [-0.4, -0.2) is 24.7 Å². The smallest absolute Gasteiger partial charge is 0.185 e. The summed E-state index contributed by atoms with van der Waals surface area (Å²) in [6.45, 7) is 0.661. The van der Waals surface area contributed by atoms with E-state index in [1.807, 2.05) is 0 Å². The van der Waals surface area contributed by atoms with Gasteiger partial charge in [-0.3, -0.25) is 4.99 Å². The molecule has 0 aliphatic rings. The van der Waals surface area contributed by atoms with Gasteiger partial charge in [0.05, 0.1) is 7.11 Å². The standard InChI is InChI=1S/C7H15N3OS/c1-11-6(12)4-2-3-5-10-7(8)9/h2-5H2,1H3,(H4,8,9,10). The van der Waals surface area contributed by atoms with Crippen molar-refractivity contribution in [2.24, 2.45) is 16.5 Å². The first-order valence-corrected chi connectivity index (χ1v) is 4.20. The highest BCUT2D eigenvalue weighted by atomic mass is 32.1. The molecule has 0 saturated heterocycles. The van der Waals surface area contributed by atoms with E-state index >= 15 is 0 Å². The molecule has 4 nitrogen and oxygen atoms in total. The third kappa shape index (κ3) is 7.27. The molecule has 0 bridgehead atoms. The van der Waals surface area contributed by atoms with Crippen LogP contribution in [0.2, 0.25) is 0 Å². The fraction of sp³-hybridized carbons (Fsp3) is 0.714.